The highest BCUT2D eigenvalue weighted by atomic mass is 16.2. The van der Waals surface area contributed by atoms with Gasteiger partial charge in [0.25, 0.3) is 0 Å². The fourth-order valence-corrected chi connectivity index (χ4v) is 4.97. The van der Waals surface area contributed by atoms with E-state index in [9.17, 15) is 4.79 Å². The summed E-state index contributed by atoms with van der Waals surface area (Å²) in [5.41, 5.74) is 16.9. The molecule has 9 heteroatoms. The van der Waals surface area contributed by atoms with Gasteiger partial charge in [-0.1, -0.05) is 37.3 Å². The summed E-state index contributed by atoms with van der Waals surface area (Å²) < 4.78 is 1.76. The molecule has 2 heterocycles. The van der Waals surface area contributed by atoms with Crippen LogP contribution in [0.3, 0.4) is 0 Å². The van der Waals surface area contributed by atoms with Crippen LogP contribution in [-0.2, 0) is 18.3 Å². The van der Waals surface area contributed by atoms with Gasteiger partial charge in [-0.25, -0.2) is 9.97 Å². The molecule has 0 spiro atoms. The molecule has 1 aliphatic carbocycles. The zero-order valence-corrected chi connectivity index (χ0v) is 21.3. The zero-order chi connectivity index (χ0) is 25.9. The zero-order valence-electron chi connectivity index (χ0n) is 21.3. The van der Waals surface area contributed by atoms with Crippen molar-refractivity contribution in [2.75, 3.05) is 10.6 Å². The van der Waals surface area contributed by atoms with Gasteiger partial charge in [0.1, 0.15) is 6.04 Å². The lowest BCUT2D eigenvalue weighted by Crippen LogP contribution is -2.33. The third-order valence-electron chi connectivity index (χ3n) is 7.12. The Hall–Kier alpha value is -3.82. The van der Waals surface area contributed by atoms with Crippen molar-refractivity contribution >= 4 is 28.6 Å². The number of benzene rings is 2. The van der Waals surface area contributed by atoms with Crippen LogP contribution >= 0.6 is 0 Å². The molecule has 1 amide bonds. The van der Waals surface area contributed by atoms with Crippen LogP contribution in [0.15, 0.2) is 54.7 Å². The molecule has 0 bridgehead atoms. The quantitative estimate of drug-likeness (QED) is 0.303. The Morgan fingerprint density at radius 2 is 1.89 bits per heavy atom. The van der Waals surface area contributed by atoms with E-state index in [1.165, 1.54) is 0 Å². The van der Waals surface area contributed by atoms with Crippen molar-refractivity contribution in [3.63, 3.8) is 0 Å². The van der Waals surface area contributed by atoms with Crippen LogP contribution in [0.25, 0.3) is 22.2 Å². The number of aromatic nitrogens is 4. The van der Waals surface area contributed by atoms with E-state index in [0.29, 0.717) is 23.8 Å². The monoisotopic (exact) mass is 498 g/mol. The topological polar surface area (TPSA) is 137 Å². The Balaban J connectivity index is 1.37. The van der Waals surface area contributed by atoms with E-state index in [2.05, 4.69) is 39.8 Å². The lowest BCUT2D eigenvalue weighted by atomic mass is 9.92. The lowest BCUT2D eigenvalue weighted by Gasteiger charge is -2.26. The number of amides is 1. The lowest BCUT2D eigenvalue weighted by molar-refractivity contribution is -0.117. The van der Waals surface area contributed by atoms with Crippen LogP contribution in [0.4, 0.5) is 11.8 Å². The second-order valence-corrected chi connectivity index (χ2v) is 9.79. The third-order valence-corrected chi connectivity index (χ3v) is 7.12. The molecule has 1 aliphatic rings. The number of fused-ring (bicyclic) bond motifs is 1. The Morgan fingerprint density at radius 3 is 2.62 bits per heavy atom. The Kier molecular flexibility index (Phi) is 7.16. The first kappa shape index (κ1) is 24.9. The maximum atomic E-state index is 12.7. The summed E-state index contributed by atoms with van der Waals surface area (Å²) in [6.45, 7) is 2.12. The molecule has 5 rings (SSSR count). The van der Waals surface area contributed by atoms with Crippen LogP contribution in [0.2, 0.25) is 0 Å². The third kappa shape index (κ3) is 5.47. The van der Waals surface area contributed by atoms with Crippen molar-refractivity contribution < 1.29 is 4.79 Å². The number of carbonyl (C=O) groups excluding carboxylic acids is 1. The highest BCUT2D eigenvalue weighted by Crippen LogP contribution is 2.30. The van der Waals surface area contributed by atoms with E-state index in [1.807, 2.05) is 49.6 Å². The van der Waals surface area contributed by atoms with Crippen molar-refractivity contribution in [3.05, 3.63) is 65.9 Å². The van der Waals surface area contributed by atoms with Gasteiger partial charge < -0.3 is 22.1 Å². The number of rotatable bonds is 7. The normalized spacial score (nSPS) is 18.5. The van der Waals surface area contributed by atoms with Crippen LogP contribution in [0.5, 0.6) is 0 Å². The summed E-state index contributed by atoms with van der Waals surface area (Å²) in [6.07, 6.45) is 6.84. The van der Waals surface area contributed by atoms with E-state index in [4.69, 9.17) is 16.5 Å². The van der Waals surface area contributed by atoms with Crippen molar-refractivity contribution in [3.8, 4) is 11.3 Å². The van der Waals surface area contributed by atoms with E-state index >= 15 is 0 Å². The molecule has 4 aromatic rings. The molecule has 2 aromatic carbocycles. The number of aryl methyl sites for hydroxylation is 2. The maximum absolute atomic E-state index is 12.7. The first-order valence-electron chi connectivity index (χ1n) is 12.9. The van der Waals surface area contributed by atoms with Crippen molar-refractivity contribution in [1.29, 1.82) is 0 Å². The number of hydrogen-bond acceptors (Lipinski definition) is 7. The fourth-order valence-electron chi connectivity index (χ4n) is 4.97. The summed E-state index contributed by atoms with van der Waals surface area (Å²) >= 11 is 0. The summed E-state index contributed by atoms with van der Waals surface area (Å²) in [7, 11) is 1.86. The Labute approximate surface area is 216 Å². The van der Waals surface area contributed by atoms with Gasteiger partial charge in [-0.15, -0.1) is 0 Å². The van der Waals surface area contributed by atoms with Gasteiger partial charge >= 0.3 is 0 Å². The standard InChI is InChI=1S/C28H34N8O/c1-3-17-13-19(14-20-16-31-28(34-26(17)20)32-22-11-9-21(29)10-12-22)23-15-24(35-36(23)2)33-27(37)25(30)18-7-5-4-6-8-18/h4-8,13-16,21-22,25H,3,9-12,29-30H2,1-2H3,(H,31,32,34)(H,33,35,37)/t21-,22-,25-/m0/s1. The minimum absolute atomic E-state index is 0.308. The molecule has 1 fully saturated rings. The molecule has 0 radical (unpaired) electrons. The second-order valence-electron chi connectivity index (χ2n) is 9.79. The summed E-state index contributed by atoms with van der Waals surface area (Å²) in [5.74, 6) is 0.808. The average molecular weight is 499 g/mol. The SMILES string of the molecule is CCc1cc(-c2cc(NC(=O)[C@@H](N)c3ccccc3)nn2C)cc2cnc(N[C@H]3CC[C@H](N)CC3)nc12. The molecule has 9 nitrogen and oxygen atoms in total. The van der Waals surface area contributed by atoms with Crippen LogP contribution in [0.1, 0.15) is 49.8 Å². The van der Waals surface area contributed by atoms with E-state index in [-0.39, 0.29) is 5.91 Å². The predicted molar refractivity (Wildman–Crippen MR) is 147 cm³/mol. The largest absolute Gasteiger partial charge is 0.351 e. The minimum Gasteiger partial charge on any atom is -0.351 e. The summed E-state index contributed by atoms with van der Waals surface area (Å²) in [6, 6.07) is 15.2. The van der Waals surface area contributed by atoms with Gasteiger partial charge in [0.2, 0.25) is 11.9 Å². The number of carbonyl (C=O) groups is 1. The summed E-state index contributed by atoms with van der Waals surface area (Å²) in [4.78, 5) is 22.2. The molecule has 37 heavy (non-hydrogen) atoms. The van der Waals surface area contributed by atoms with E-state index in [0.717, 1.165) is 65.4 Å². The van der Waals surface area contributed by atoms with Gasteiger partial charge in [0, 0.05) is 42.3 Å². The van der Waals surface area contributed by atoms with E-state index in [1.54, 1.807) is 4.68 Å². The first-order chi connectivity index (χ1) is 17.9. The van der Waals surface area contributed by atoms with Gasteiger partial charge in [-0.2, -0.15) is 5.10 Å². The van der Waals surface area contributed by atoms with Crippen LogP contribution < -0.4 is 22.1 Å². The number of nitrogens with one attached hydrogen (secondary N) is 2. The number of hydrogen-bond donors (Lipinski definition) is 4. The van der Waals surface area contributed by atoms with Crippen molar-refractivity contribution in [1.82, 2.24) is 19.7 Å². The molecule has 192 valence electrons. The molecule has 0 aliphatic heterocycles. The molecule has 0 saturated heterocycles. The van der Waals surface area contributed by atoms with E-state index < -0.39 is 6.04 Å². The first-order valence-corrected chi connectivity index (χ1v) is 12.9. The van der Waals surface area contributed by atoms with Crippen LogP contribution in [0, 0.1) is 0 Å². The average Bonchev–Trinajstić information content (AvgIpc) is 3.29. The number of nitrogens with two attached hydrogens (primary N) is 2. The molecule has 1 atom stereocenters. The van der Waals surface area contributed by atoms with Crippen molar-refractivity contribution in [2.45, 2.75) is 57.2 Å². The number of nitrogens with zero attached hydrogens (tertiary/aromatic N) is 4. The minimum atomic E-state index is -0.774. The van der Waals surface area contributed by atoms with Gasteiger partial charge in [-0.05, 0) is 55.4 Å². The second kappa shape index (κ2) is 10.7. The molecule has 1 saturated carbocycles. The highest BCUT2D eigenvalue weighted by molar-refractivity contribution is 5.95. The molecule has 2 aromatic heterocycles. The Morgan fingerprint density at radius 1 is 1.14 bits per heavy atom. The molecule has 6 N–H and O–H groups in total. The summed E-state index contributed by atoms with van der Waals surface area (Å²) in [5, 5.41) is 11.8. The molecular weight excluding hydrogens is 464 g/mol. The smallest absolute Gasteiger partial charge is 0.247 e. The predicted octanol–water partition coefficient (Wildman–Crippen LogP) is 3.91. The molecule has 0 unspecified atom stereocenters. The molecular formula is C28H34N8O. The number of anilines is 2. The maximum Gasteiger partial charge on any atom is 0.247 e. The van der Waals surface area contributed by atoms with Gasteiger partial charge in [-0.3, -0.25) is 9.48 Å². The Bertz CT molecular complexity index is 1390. The highest BCUT2D eigenvalue weighted by Gasteiger charge is 2.20. The van der Waals surface area contributed by atoms with Crippen LogP contribution in [-0.4, -0.2) is 37.7 Å². The van der Waals surface area contributed by atoms with Crippen molar-refractivity contribution in [2.24, 2.45) is 18.5 Å². The van der Waals surface area contributed by atoms with Gasteiger partial charge in [0.15, 0.2) is 5.82 Å². The van der Waals surface area contributed by atoms with Gasteiger partial charge in [0.05, 0.1) is 11.2 Å². The fraction of sp³-hybridized carbons (Fsp3) is 0.357.